The van der Waals surface area contributed by atoms with E-state index in [1.54, 1.807) is 6.92 Å². The third-order valence-electron chi connectivity index (χ3n) is 3.66. The third-order valence-corrected chi connectivity index (χ3v) is 5.02. The molecule has 1 aliphatic rings. The molecular formula is C13H20N2O4S. The maximum Gasteiger partial charge on any atom is 0.304 e. The van der Waals surface area contributed by atoms with Gasteiger partial charge < -0.3 is 15.1 Å². The summed E-state index contributed by atoms with van der Waals surface area (Å²) in [5, 5.41) is 30.5. The Labute approximate surface area is 121 Å². The predicted molar refractivity (Wildman–Crippen MR) is 78.2 cm³/mol. The van der Waals surface area contributed by atoms with Crippen LogP contribution in [-0.2, 0) is 0 Å². The molecule has 2 N–H and O–H groups in total. The van der Waals surface area contributed by atoms with Crippen molar-refractivity contribution in [1.82, 2.24) is 0 Å². The van der Waals surface area contributed by atoms with E-state index in [0.717, 1.165) is 32.4 Å². The molecular weight excluding hydrogens is 280 g/mol. The molecule has 20 heavy (non-hydrogen) atoms. The van der Waals surface area contributed by atoms with Crippen molar-refractivity contribution in [3.63, 3.8) is 0 Å². The van der Waals surface area contributed by atoms with Crippen molar-refractivity contribution in [1.29, 1.82) is 0 Å². The van der Waals surface area contributed by atoms with Crippen LogP contribution in [0.4, 0.5) is 10.7 Å². The van der Waals surface area contributed by atoms with Gasteiger partial charge in [-0.15, -0.1) is 11.3 Å². The van der Waals surface area contributed by atoms with E-state index in [9.17, 15) is 15.2 Å². The fraction of sp³-hybridized carbons (Fsp3) is 0.692. The molecule has 2 rings (SSSR count). The summed E-state index contributed by atoms with van der Waals surface area (Å²) < 4.78 is 0. The van der Waals surface area contributed by atoms with Gasteiger partial charge in [0.1, 0.15) is 0 Å². The highest BCUT2D eigenvalue weighted by Gasteiger charge is 2.28. The molecule has 1 aromatic rings. The van der Waals surface area contributed by atoms with Crippen LogP contribution in [0.15, 0.2) is 6.07 Å². The standard InChI is InChI=1S/C13H20N2O4S/c1-9(17)12-7-11(15(18)19)13(20-12)14-5-2-3-10(8-14)4-6-16/h7,9-10,16-17H,2-6,8H2,1H3/t9-,10?/m0/s1. The highest BCUT2D eigenvalue weighted by molar-refractivity contribution is 7.16. The Morgan fingerprint density at radius 3 is 3.00 bits per heavy atom. The number of nitro groups is 1. The zero-order valence-corrected chi connectivity index (χ0v) is 12.3. The zero-order chi connectivity index (χ0) is 14.7. The molecule has 0 bridgehead atoms. The van der Waals surface area contributed by atoms with E-state index < -0.39 is 6.10 Å². The van der Waals surface area contributed by atoms with E-state index in [1.165, 1.54) is 17.4 Å². The number of nitrogens with zero attached hydrogens (tertiary/aromatic N) is 2. The second-order valence-corrected chi connectivity index (χ2v) is 6.30. The maximum atomic E-state index is 11.2. The highest BCUT2D eigenvalue weighted by atomic mass is 32.1. The van der Waals surface area contributed by atoms with Crippen molar-refractivity contribution >= 4 is 22.0 Å². The topological polar surface area (TPSA) is 86.8 Å². The highest BCUT2D eigenvalue weighted by Crippen LogP contribution is 2.41. The maximum absolute atomic E-state index is 11.2. The third kappa shape index (κ3) is 3.28. The summed E-state index contributed by atoms with van der Waals surface area (Å²) in [6.45, 7) is 3.30. The first kappa shape index (κ1) is 15.2. The summed E-state index contributed by atoms with van der Waals surface area (Å²) in [5.41, 5.74) is 0.0792. The van der Waals surface area contributed by atoms with E-state index in [0.29, 0.717) is 15.8 Å². The molecule has 112 valence electrons. The molecule has 1 aliphatic heterocycles. The molecule has 1 fully saturated rings. The van der Waals surface area contributed by atoms with E-state index in [1.807, 2.05) is 4.90 Å². The van der Waals surface area contributed by atoms with Gasteiger partial charge in [-0.3, -0.25) is 10.1 Å². The molecule has 7 heteroatoms. The SMILES string of the molecule is C[C@H](O)c1cc([N+](=O)[O-])c(N2CCCC(CCO)C2)s1. The van der Waals surface area contributed by atoms with Crippen LogP contribution in [0, 0.1) is 16.0 Å². The van der Waals surface area contributed by atoms with Crippen LogP contribution in [0.5, 0.6) is 0 Å². The van der Waals surface area contributed by atoms with Crippen LogP contribution in [0.2, 0.25) is 0 Å². The Kier molecular flexibility index (Phi) is 4.95. The fourth-order valence-corrected chi connectivity index (χ4v) is 3.72. The molecule has 1 aromatic heterocycles. The number of aliphatic hydroxyl groups excluding tert-OH is 2. The lowest BCUT2D eigenvalue weighted by atomic mass is 9.95. The lowest BCUT2D eigenvalue weighted by molar-refractivity contribution is -0.383. The quantitative estimate of drug-likeness (QED) is 0.643. The Balaban J connectivity index is 2.24. The molecule has 0 aromatic carbocycles. The minimum atomic E-state index is -0.689. The van der Waals surface area contributed by atoms with Gasteiger partial charge in [-0.05, 0) is 32.1 Å². The monoisotopic (exact) mass is 300 g/mol. The van der Waals surface area contributed by atoms with Crippen molar-refractivity contribution in [2.75, 3.05) is 24.6 Å². The smallest absolute Gasteiger partial charge is 0.304 e. The molecule has 6 nitrogen and oxygen atoms in total. The number of hydrogen-bond acceptors (Lipinski definition) is 6. The number of hydrogen-bond donors (Lipinski definition) is 2. The molecule has 0 amide bonds. The summed E-state index contributed by atoms with van der Waals surface area (Å²) in [4.78, 5) is 13.4. The van der Waals surface area contributed by atoms with Crippen LogP contribution in [0.1, 0.15) is 37.2 Å². The second-order valence-electron chi connectivity index (χ2n) is 5.24. The lowest BCUT2D eigenvalue weighted by Gasteiger charge is -2.32. The lowest BCUT2D eigenvalue weighted by Crippen LogP contribution is -2.35. The number of aliphatic hydroxyl groups is 2. The molecule has 0 radical (unpaired) electrons. The minimum absolute atomic E-state index is 0.0792. The van der Waals surface area contributed by atoms with Gasteiger partial charge in [0.25, 0.3) is 0 Å². The summed E-state index contributed by atoms with van der Waals surface area (Å²) in [5.74, 6) is 0.380. The van der Waals surface area contributed by atoms with Crippen molar-refractivity contribution in [3.05, 3.63) is 21.1 Å². The number of anilines is 1. The average Bonchev–Trinajstić information content (AvgIpc) is 2.85. The van der Waals surface area contributed by atoms with Crippen LogP contribution in [-0.4, -0.2) is 34.8 Å². The molecule has 0 spiro atoms. The van der Waals surface area contributed by atoms with E-state index >= 15 is 0 Å². The van der Waals surface area contributed by atoms with E-state index in [4.69, 9.17) is 5.11 Å². The minimum Gasteiger partial charge on any atom is -0.396 e. The van der Waals surface area contributed by atoms with Gasteiger partial charge in [0.05, 0.1) is 11.0 Å². The van der Waals surface area contributed by atoms with Gasteiger partial charge in [0.2, 0.25) is 0 Å². The van der Waals surface area contributed by atoms with Gasteiger partial charge in [-0.2, -0.15) is 0 Å². The Bertz CT molecular complexity index is 473. The van der Waals surface area contributed by atoms with Crippen molar-refractivity contribution in [2.24, 2.45) is 5.92 Å². The number of rotatable bonds is 5. The van der Waals surface area contributed by atoms with Crippen molar-refractivity contribution < 1.29 is 15.1 Å². The zero-order valence-electron chi connectivity index (χ0n) is 11.5. The van der Waals surface area contributed by atoms with Crippen LogP contribution >= 0.6 is 11.3 Å². The fourth-order valence-electron chi connectivity index (χ4n) is 2.62. The molecule has 0 aliphatic carbocycles. The Morgan fingerprint density at radius 1 is 1.65 bits per heavy atom. The summed E-state index contributed by atoms with van der Waals surface area (Å²) in [6, 6.07) is 1.47. The first-order valence-electron chi connectivity index (χ1n) is 6.85. The molecule has 1 saturated heterocycles. The summed E-state index contributed by atoms with van der Waals surface area (Å²) in [6.07, 6.45) is 2.08. The summed E-state index contributed by atoms with van der Waals surface area (Å²) in [7, 11) is 0. The van der Waals surface area contributed by atoms with Gasteiger partial charge in [-0.1, -0.05) is 0 Å². The van der Waals surface area contributed by atoms with E-state index in [-0.39, 0.29) is 17.2 Å². The summed E-state index contributed by atoms with van der Waals surface area (Å²) >= 11 is 1.29. The number of piperidine rings is 1. The average molecular weight is 300 g/mol. The van der Waals surface area contributed by atoms with Gasteiger partial charge in [-0.25, -0.2) is 0 Å². The van der Waals surface area contributed by atoms with Crippen LogP contribution in [0.3, 0.4) is 0 Å². The first-order valence-corrected chi connectivity index (χ1v) is 7.66. The van der Waals surface area contributed by atoms with E-state index in [2.05, 4.69) is 0 Å². The largest absolute Gasteiger partial charge is 0.396 e. The van der Waals surface area contributed by atoms with Crippen molar-refractivity contribution in [3.8, 4) is 0 Å². The van der Waals surface area contributed by atoms with Crippen LogP contribution < -0.4 is 4.90 Å². The molecule has 1 unspecified atom stereocenters. The molecule has 0 saturated carbocycles. The molecule has 2 atom stereocenters. The molecule has 2 heterocycles. The normalized spacial score (nSPS) is 20.9. The van der Waals surface area contributed by atoms with Crippen molar-refractivity contribution in [2.45, 2.75) is 32.3 Å². The first-order chi connectivity index (χ1) is 9.52. The van der Waals surface area contributed by atoms with Gasteiger partial charge in [0, 0.05) is 30.6 Å². The van der Waals surface area contributed by atoms with Gasteiger partial charge in [0.15, 0.2) is 5.00 Å². The number of thiophene rings is 1. The van der Waals surface area contributed by atoms with Gasteiger partial charge >= 0.3 is 5.69 Å². The predicted octanol–water partition coefficient (Wildman–Crippen LogP) is 2.31. The van der Waals surface area contributed by atoms with Crippen LogP contribution in [0.25, 0.3) is 0 Å². The Hall–Kier alpha value is -1.18. The second kappa shape index (κ2) is 6.51. The Morgan fingerprint density at radius 2 is 2.40 bits per heavy atom.